The van der Waals surface area contributed by atoms with Crippen LogP contribution in [0, 0.1) is 0 Å². The van der Waals surface area contributed by atoms with E-state index in [0.717, 1.165) is 32.5 Å². The van der Waals surface area contributed by atoms with Crippen LogP contribution < -0.4 is 5.32 Å². The Labute approximate surface area is 123 Å². The van der Waals surface area contributed by atoms with E-state index in [2.05, 4.69) is 43.1 Å². The number of unbranched alkanes of at least 4 members (excludes halogenated alkanes) is 2. The van der Waals surface area contributed by atoms with Crippen molar-refractivity contribution in [2.75, 3.05) is 46.9 Å². The predicted molar refractivity (Wildman–Crippen MR) is 81.9 cm³/mol. The summed E-state index contributed by atoms with van der Waals surface area (Å²) in [7, 11) is 4.26. The number of nitrogens with zero attached hydrogens (tertiary/aromatic N) is 2. The first-order valence-corrected chi connectivity index (χ1v) is 7.80. The molecule has 5 nitrogen and oxygen atoms in total. The lowest BCUT2D eigenvalue weighted by molar-refractivity contribution is -0.127. The molecular formula is C15H31N3O2. The minimum atomic E-state index is -0.00405. The van der Waals surface area contributed by atoms with Gasteiger partial charge in [0, 0.05) is 38.3 Å². The third-order valence-corrected chi connectivity index (χ3v) is 3.99. The van der Waals surface area contributed by atoms with Gasteiger partial charge >= 0.3 is 0 Å². The van der Waals surface area contributed by atoms with Crippen molar-refractivity contribution in [3.63, 3.8) is 0 Å². The van der Waals surface area contributed by atoms with Gasteiger partial charge in [0.05, 0.1) is 0 Å². The van der Waals surface area contributed by atoms with E-state index in [0.29, 0.717) is 12.6 Å². The molecule has 0 radical (unpaired) electrons. The van der Waals surface area contributed by atoms with Crippen LogP contribution in [0.5, 0.6) is 0 Å². The molecule has 1 saturated heterocycles. The third kappa shape index (κ3) is 6.20. The highest BCUT2D eigenvalue weighted by Gasteiger charge is 2.27. The van der Waals surface area contributed by atoms with Gasteiger partial charge < -0.3 is 15.0 Å². The second-order valence-electron chi connectivity index (χ2n) is 5.93. The van der Waals surface area contributed by atoms with Gasteiger partial charge in [-0.25, -0.2) is 0 Å². The first kappa shape index (κ1) is 17.4. The lowest BCUT2D eigenvalue weighted by atomic mass is 10.1. The zero-order valence-corrected chi connectivity index (χ0v) is 13.5. The average Bonchev–Trinajstić information content (AvgIpc) is 2.41. The van der Waals surface area contributed by atoms with Gasteiger partial charge in [0.2, 0.25) is 5.91 Å². The number of ether oxygens (including phenoxy) is 1. The fourth-order valence-corrected chi connectivity index (χ4v) is 2.59. The molecule has 5 heteroatoms. The van der Waals surface area contributed by atoms with Crippen molar-refractivity contribution >= 4 is 5.91 Å². The Balaban J connectivity index is 2.22. The minimum Gasteiger partial charge on any atom is -0.372 e. The first-order chi connectivity index (χ1) is 9.54. The van der Waals surface area contributed by atoms with Crippen molar-refractivity contribution in [3.8, 4) is 0 Å². The fourth-order valence-electron chi connectivity index (χ4n) is 2.59. The lowest BCUT2D eigenvalue weighted by Gasteiger charge is -2.41. The van der Waals surface area contributed by atoms with Crippen LogP contribution in [0.2, 0.25) is 0 Å². The van der Waals surface area contributed by atoms with Crippen molar-refractivity contribution in [1.29, 1.82) is 0 Å². The second kappa shape index (κ2) is 9.32. The summed E-state index contributed by atoms with van der Waals surface area (Å²) in [5.74, 6) is -0.00405. The SMILES string of the molecule is CCCCCOCC(=O)NC(C)C1CN(C)CCN1C. The van der Waals surface area contributed by atoms with Crippen molar-refractivity contribution in [2.24, 2.45) is 0 Å². The number of carbonyl (C=O) groups is 1. The number of hydrogen-bond acceptors (Lipinski definition) is 4. The molecule has 0 saturated carbocycles. The first-order valence-electron chi connectivity index (χ1n) is 7.80. The molecule has 0 aromatic rings. The zero-order chi connectivity index (χ0) is 15.0. The molecule has 20 heavy (non-hydrogen) atoms. The Morgan fingerprint density at radius 1 is 1.35 bits per heavy atom. The Bertz CT molecular complexity index is 286. The molecule has 118 valence electrons. The molecular weight excluding hydrogens is 254 g/mol. The summed E-state index contributed by atoms with van der Waals surface area (Å²) >= 11 is 0. The van der Waals surface area contributed by atoms with E-state index in [1.165, 1.54) is 6.42 Å². The molecule has 1 aliphatic heterocycles. The quantitative estimate of drug-likeness (QED) is 0.674. The molecule has 2 unspecified atom stereocenters. The van der Waals surface area contributed by atoms with Crippen LogP contribution in [0.3, 0.4) is 0 Å². The third-order valence-electron chi connectivity index (χ3n) is 3.99. The van der Waals surface area contributed by atoms with E-state index in [4.69, 9.17) is 4.74 Å². The van der Waals surface area contributed by atoms with Crippen molar-refractivity contribution < 1.29 is 9.53 Å². The molecule has 0 aromatic heterocycles. The highest BCUT2D eigenvalue weighted by molar-refractivity contribution is 5.77. The average molecular weight is 285 g/mol. The van der Waals surface area contributed by atoms with Crippen molar-refractivity contribution in [3.05, 3.63) is 0 Å². The Morgan fingerprint density at radius 3 is 2.80 bits per heavy atom. The topological polar surface area (TPSA) is 44.8 Å². The Hall–Kier alpha value is -0.650. The van der Waals surface area contributed by atoms with Gasteiger partial charge in [0.25, 0.3) is 0 Å². The van der Waals surface area contributed by atoms with Gasteiger partial charge in [-0.2, -0.15) is 0 Å². The number of rotatable bonds is 8. The zero-order valence-electron chi connectivity index (χ0n) is 13.5. The summed E-state index contributed by atoms with van der Waals surface area (Å²) in [4.78, 5) is 16.5. The normalized spacial score (nSPS) is 22.7. The summed E-state index contributed by atoms with van der Waals surface area (Å²) in [6.45, 7) is 8.24. The molecule has 0 bridgehead atoms. The van der Waals surface area contributed by atoms with Crippen molar-refractivity contribution in [2.45, 2.75) is 45.2 Å². The maximum atomic E-state index is 11.8. The van der Waals surface area contributed by atoms with E-state index >= 15 is 0 Å². The van der Waals surface area contributed by atoms with Crippen LogP contribution in [0.15, 0.2) is 0 Å². The molecule has 1 heterocycles. The van der Waals surface area contributed by atoms with Crippen LogP contribution in [0.1, 0.15) is 33.1 Å². The van der Waals surface area contributed by atoms with Gasteiger partial charge in [-0.05, 0) is 27.4 Å². The molecule has 0 spiro atoms. The van der Waals surface area contributed by atoms with Crippen LogP contribution in [-0.4, -0.2) is 74.7 Å². The van der Waals surface area contributed by atoms with Crippen LogP contribution in [0.25, 0.3) is 0 Å². The van der Waals surface area contributed by atoms with Crippen LogP contribution >= 0.6 is 0 Å². The van der Waals surface area contributed by atoms with Crippen LogP contribution in [0.4, 0.5) is 0 Å². The number of nitrogens with one attached hydrogen (secondary N) is 1. The van der Waals surface area contributed by atoms with Gasteiger partial charge in [-0.3, -0.25) is 9.69 Å². The van der Waals surface area contributed by atoms with Gasteiger partial charge in [0.15, 0.2) is 0 Å². The predicted octanol–water partition coefficient (Wildman–Crippen LogP) is 0.944. The number of hydrogen-bond donors (Lipinski definition) is 1. The minimum absolute atomic E-state index is 0.00405. The highest BCUT2D eigenvalue weighted by atomic mass is 16.5. The monoisotopic (exact) mass is 285 g/mol. The lowest BCUT2D eigenvalue weighted by Crippen LogP contribution is -2.58. The molecule has 1 N–H and O–H groups in total. The summed E-state index contributed by atoms with van der Waals surface area (Å²) < 4.78 is 5.40. The highest BCUT2D eigenvalue weighted by Crippen LogP contribution is 2.09. The summed E-state index contributed by atoms with van der Waals surface area (Å²) in [5, 5.41) is 3.06. The van der Waals surface area contributed by atoms with E-state index in [9.17, 15) is 4.79 Å². The van der Waals surface area contributed by atoms with Gasteiger partial charge in [0.1, 0.15) is 6.61 Å². The molecule has 1 fully saturated rings. The van der Waals surface area contributed by atoms with Gasteiger partial charge in [-0.15, -0.1) is 0 Å². The molecule has 0 aromatic carbocycles. The number of amides is 1. The maximum absolute atomic E-state index is 11.8. The largest absolute Gasteiger partial charge is 0.372 e. The maximum Gasteiger partial charge on any atom is 0.246 e. The standard InChI is InChI=1S/C15H31N3O2/c1-5-6-7-10-20-12-15(19)16-13(2)14-11-17(3)8-9-18(14)4/h13-14H,5-12H2,1-4H3,(H,16,19). The molecule has 2 atom stereocenters. The molecule has 1 rings (SSSR count). The number of likely N-dealkylation sites (N-methyl/N-ethyl adjacent to an activating group) is 2. The summed E-state index contributed by atoms with van der Waals surface area (Å²) in [5.41, 5.74) is 0. The summed E-state index contributed by atoms with van der Waals surface area (Å²) in [6, 6.07) is 0.521. The van der Waals surface area contributed by atoms with Crippen LogP contribution in [-0.2, 0) is 9.53 Å². The van der Waals surface area contributed by atoms with E-state index in [1.807, 2.05) is 0 Å². The second-order valence-corrected chi connectivity index (χ2v) is 5.93. The van der Waals surface area contributed by atoms with E-state index in [-0.39, 0.29) is 18.6 Å². The molecule has 1 aliphatic rings. The number of piperazine rings is 1. The van der Waals surface area contributed by atoms with Crippen molar-refractivity contribution in [1.82, 2.24) is 15.1 Å². The van der Waals surface area contributed by atoms with Gasteiger partial charge in [-0.1, -0.05) is 19.8 Å². The smallest absolute Gasteiger partial charge is 0.246 e. The summed E-state index contributed by atoms with van der Waals surface area (Å²) in [6.07, 6.45) is 3.38. The number of carbonyl (C=O) groups excluding carboxylic acids is 1. The Morgan fingerprint density at radius 2 is 2.10 bits per heavy atom. The van der Waals surface area contributed by atoms with E-state index < -0.39 is 0 Å². The fraction of sp³-hybridized carbons (Fsp3) is 0.933. The molecule has 0 aliphatic carbocycles. The molecule has 1 amide bonds. The van der Waals surface area contributed by atoms with E-state index in [1.54, 1.807) is 0 Å². The Kier molecular flexibility index (Phi) is 8.11.